The Hall–Kier alpha value is -2.26. The average molecular weight is 506 g/mol. The van der Waals surface area contributed by atoms with E-state index >= 15 is 8.78 Å². The van der Waals surface area contributed by atoms with E-state index in [1.165, 1.54) is 25.1 Å². The molecule has 6 nitrogen and oxygen atoms in total. The highest BCUT2D eigenvalue weighted by molar-refractivity contribution is 7.96. The number of alkyl halides is 2. The highest BCUT2D eigenvalue weighted by Crippen LogP contribution is 2.71. The van der Waals surface area contributed by atoms with E-state index in [1.807, 2.05) is 0 Å². The number of nitrogens with one attached hydrogen (secondary N) is 1. The Morgan fingerprint density at radius 3 is 2.60 bits per heavy atom. The molecule has 188 valence electrons. The third-order valence-electron chi connectivity index (χ3n) is 9.56. The fourth-order valence-electron chi connectivity index (χ4n) is 7.90. The number of ether oxygens (including phenoxy) is 1. The molecule has 4 aliphatic rings. The van der Waals surface area contributed by atoms with Gasteiger partial charge in [-0.15, -0.1) is 12.6 Å². The SMILES string of the molecule is CC1C[C@H]2[C@@H]3CC(F)C4=CC(=O)C=C[C@]4(C)C3(F)C(O)C[C@]2(C)C1(OC(=O)c1ccc[nH]1)C(=O)S. The maximum absolute atomic E-state index is 17.3. The van der Waals surface area contributed by atoms with Crippen molar-refractivity contribution in [3.8, 4) is 0 Å². The summed E-state index contributed by atoms with van der Waals surface area (Å²) in [6, 6.07) is 3.13. The number of carbonyl (C=O) groups is 3. The molecule has 9 heteroatoms. The number of hydrogen-bond acceptors (Lipinski definition) is 5. The first kappa shape index (κ1) is 24.4. The number of allylic oxidation sites excluding steroid dienone is 4. The second-order valence-electron chi connectivity index (χ2n) is 11.0. The number of aliphatic hydroxyl groups is 1. The predicted octanol–water partition coefficient (Wildman–Crippen LogP) is 3.93. The van der Waals surface area contributed by atoms with Crippen LogP contribution in [0.5, 0.6) is 0 Å². The highest BCUT2D eigenvalue weighted by atomic mass is 32.1. The summed E-state index contributed by atoms with van der Waals surface area (Å²) in [6.07, 6.45) is 1.94. The number of aromatic amines is 1. The number of carbonyl (C=O) groups excluding carboxylic acids is 3. The van der Waals surface area contributed by atoms with Crippen LogP contribution in [-0.2, 0) is 14.3 Å². The standard InChI is InChI=1S/C26H29F2NO5S/c1-13-9-15-16-11-18(27)17-10-14(30)6-7-23(17,2)25(16,28)20(31)12-24(15,3)26(13,22(33)35)34-21(32)19-5-4-8-29-19/h4-8,10,13,15-16,18,20,29,31H,9,11-12H2,1-3H3,(H,33,35)/t13?,15-,16-,18?,20?,23-,24-,25?,26?/m0/s1. The summed E-state index contributed by atoms with van der Waals surface area (Å²) < 4.78 is 38.8. The Morgan fingerprint density at radius 1 is 1.26 bits per heavy atom. The number of H-pyrrole nitrogens is 1. The number of esters is 1. The van der Waals surface area contributed by atoms with Crippen molar-refractivity contribution in [2.45, 2.75) is 63.6 Å². The number of aromatic nitrogens is 1. The van der Waals surface area contributed by atoms with Crippen LogP contribution < -0.4 is 0 Å². The summed E-state index contributed by atoms with van der Waals surface area (Å²) in [6.45, 7) is 4.97. The number of ketones is 1. The van der Waals surface area contributed by atoms with Gasteiger partial charge < -0.3 is 14.8 Å². The van der Waals surface area contributed by atoms with E-state index in [4.69, 9.17) is 4.74 Å². The summed E-state index contributed by atoms with van der Waals surface area (Å²) >= 11 is 4.13. The summed E-state index contributed by atoms with van der Waals surface area (Å²) in [5.74, 6) is -3.28. The van der Waals surface area contributed by atoms with Crippen molar-refractivity contribution < 1.29 is 33.0 Å². The quantitative estimate of drug-likeness (QED) is 0.427. The molecule has 0 spiro atoms. The van der Waals surface area contributed by atoms with Crippen LogP contribution in [0.2, 0.25) is 0 Å². The first-order valence-electron chi connectivity index (χ1n) is 11.9. The second kappa shape index (κ2) is 7.62. The average Bonchev–Trinajstić information content (AvgIpc) is 3.39. The van der Waals surface area contributed by atoms with E-state index in [1.54, 1.807) is 26.1 Å². The first-order valence-corrected chi connectivity index (χ1v) is 12.3. The van der Waals surface area contributed by atoms with Crippen LogP contribution in [0.1, 0.15) is 50.5 Å². The Bertz CT molecular complexity index is 1170. The van der Waals surface area contributed by atoms with Gasteiger partial charge in [0.15, 0.2) is 17.1 Å². The topological polar surface area (TPSA) is 96.5 Å². The van der Waals surface area contributed by atoms with Crippen LogP contribution in [-0.4, -0.2) is 50.5 Å². The largest absolute Gasteiger partial charge is 0.445 e. The molecule has 4 aliphatic carbocycles. The molecule has 3 saturated carbocycles. The van der Waals surface area contributed by atoms with Gasteiger partial charge in [-0.25, -0.2) is 13.6 Å². The molecule has 3 fully saturated rings. The minimum atomic E-state index is -2.28. The van der Waals surface area contributed by atoms with Crippen LogP contribution in [0.15, 0.2) is 42.1 Å². The lowest BCUT2D eigenvalue weighted by Gasteiger charge is -2.63. The zero-order valence-electron chi connectivity index (χ0n) is 19.8. The molecule has 35 heavy (non-hydrogen) atoms. The Kier molecular flexibility index (Phi) is 5.32. The Morgan fingerprint density at radius 2 is 1.97 bits per heavy atom. The smallest absolute Gasteiger partial charge is 0.355 e. The monoisotopic (exact) mass is 505 g/mol. The van der Waals surface area contributed by atoms with E-state index < -0.39 is 69.0 Å². The Labute approximate surface area is 207 Å². The Balaban J connectivity index is 1.62. The first-order chi connectivity index (χ1) is 16.3. The minimum Gasteiger partial charge on any atom is -0.445 e. The van der Waals surface area contributed by atoms with Crippen LogP contribution >= 0.6 is 12.6 Å². The van der Waals surface area contributed by atoms with Gasteiger partial charge in [0.1, 0.15) is 11.9 Å². The van der Waals surface area contributed by atoms with E-state index in [0.717, 1.165) is 6.08 Å². The number of hydrogen-bond donors (Lipinski definition) is 3. The molecule has 5 rings (SSSR count). The van der Waals surface area contributed by atoms with E-state index in [9.17, 15) is 19.5 Å². The van der Waals surface area contributed by atoms with Crippen LogP contribution in [0, 0.1) is 28.6 Å². The third kappa shape index (κ3) is 2.88. The summed E-state index contributed by atoms with van der Waals surface area (Å²) in [4.78, 5) is 40.9. The van der Waals surface area contributed by atoms with Crippen molar-refractivity contribution in [1.82, 2.24) is 4.98 Å². The van der Waals surface area contributed by atoms with Crippen molar-refractivity contribution in [2.24, 2.45) is 28.6 Å². The summed E-state index contributed by atoms with van der Waals surface area (Å²) in [7, 11) is 0. The summed E-state index contributed by atoms with van der Waals surface area (Å²) in [5, 5.41) is 10.7. The zero-order valence-corrected chi connectivity index (χ0v) is 20.6. The van der Waals surface area contributed by atoms with Crippen molar-refractivity contribution >= 4 is 29.5 Å². The zero-order chi connectivity index (χ0) is 25.6. The molecule has 0 radical (unpaired) electrons. The van der Waals surface area contributed by atoms with Gasteiger partial charge in [-0.1, -0.05) is 19.9 Å². The van der Waals surface area contributed by atoms with Crippen molar-refractivity contribution in [3.05, 3.63) is 47.8 Å². The van der Waals surface area contributed by atoms with Crippen LogP contribution in [0.3, 0.4) is 0 Å². The molecule has 9 atom stereocenters. The molecule has 1 aromatic heterocycles. The van der Waals surface area contributed by atoms with E-state index in [0.29, 0.717) is 0 Å². The summed E-state index contributed by atoms with van der Waals surface area (Å²) in [5.41, 5.74) is -6.56. The lowest BCUT2D eigenvalue weighted by atomic mass is 9.44. The fourth-order valence-corrected chi connectivity index (χ4v) is 8.42. The van der Waals surface area contributed by atoms with Gasteiger partial charge >= 0.3 is 5.97 Å². The lowest BCUT2D eigenvalue weighted by Crippen LogP contribution is -2.70. The van der Waals surface area contributed by atoms with E-state index in [-0.39, 0.29) is 30.5 Å². The van der Waals surface area contributed by atoms with Crippen molar-refractivity contribution in [2.75, 3.05) is 0 Å². The fraction of sp³-hybridized carbons (Fsp3) is 0.577. The minimum absolute atomic E-state index is 0.0344. The molecule has 0 aromatic carbocycles. The van der Waals surface area contributed by atoms with Gasteiger partial charge in [0.2, 0.25) is 5.12 Å². The van der Waals surface area contributed by atoms with Gasteiger partial charge in [-0.05, 0) is 62.0 Å². The molecule has 2 N–H and O–H groups in total. The molecular weight excluding hydrogens is 476 g/mol. The molecule has 0 aliphatic heterocycles. The number of halogens is 2. The normalized spacial score (nSPS) is 46.3. The molecule has 1 heterocycles. The highest BCUT2D eigenvalue weighted by Gasteiger charge is 2.78. The maximum atomic E-state index is 17.3. The number of aliphatic hydroxyl groups excluding tert-OH is 1. The van der Waals surface area contributed by atoms with Gasteiger partial charge in [-0.3, -0.25) is 9.59 Å². The van der Waals surface area contributed by atoms with Gasteiger partial charge in [0.05, 0.1) is 6.10 Å². The molecular formula is C26H29F2NO5S. The van der Waals surface area contributed by atoms with Crippen molar-refractivity contribution in [3.63, 3.8) is 0 Å². The van der Waals surface area contributed by atoms with Crippen molar-refractivity contribution in [1.29, 1.82) is 0 Å². The third-order valence-corrected chi connectivity index (χ3v) is 9.89. The van der Waals surface area contributed by atoms with E-state index in [2.05, 4.69) is 17.6 Å². The molecule has 0 amide bonds. The number of thiol groups is 1. The van der Waals surface area contributed by atoms with Gasteiger partial charge in [-0.2, -0.15) is 0 Å². The lowest BCUT2D eigenvalue weighted by molar-refractivity contribution is -0.221. The van der Waals surface area contributed by atoms with Gasteiger partial charge in [0.25, 0.3) is 0 Å². The predicted molar refractivity (Wildman–Crippen MR) is 126 cm³/mol. The van der Waals surface area contributed by atoms with Crippen LogP contribution in [0.4, 0.5) is 8.78 Å². The molecule has 0 bridgehead atoms. The maximum Gasteiger partial charge on any atom is 0.355 e. The molecule has 0 saturated heterocycles. The second-order valence-corrected chi connectivity index (χ2v) is 11.4. The van der Waals surface area contributed by atoms with Crippen LogP contribution in [0.25, 0.3) is 0 Å². The molecule has 1 aromatic rings. The molecule has 5 unspecified atom stereocenters. The van der Waals surface area contributed by atoms with Gasteiger partial charge in [0, 0.05) is 28.9 Å². The number of rotatable bonds is 3. The number of fused-ring (bicyclic) bond motifs is 5.